The van der Waals surface area contributed by atoms with Crippen LogP contribution in [0.1, 0.15) is 63.0 Å². The Morgan fingerprint density at radius 3 is 2.59 bits per heavy atom. The molecule has 1 aliphatic carbocycles. The molecule has 2 amide bonds. The number of nitrogens with zero attached hydrogens (tertiary/aromatic N) is 3. The van der Waals surface area contributed by atoms with Gasteiger partial charge in [0, 0.05) is 57.3 Å². The fourth-order valence-electron chi connectivity index (χ4n) is 5.72. The highest BCUT2D eigenvalue weighted by molar-refractivity contribution is 6.00. The van der Waals surface area contributed by atoms with E-state index in [1.54, 1.807) is 11.9 Å². The van der Waals surface area contributed by atoms with Crippen LogP contribution in [0.5, 0.6) is 0 Å². The molecule has 4 rings (SSSR count). The molecule has 1 saturated carbocycles. The fourth-order valence-corrected chi connectivity index (χ4v) is 5.72. The van der Waals surface area contributed by atoms with E-state index in [1.807, 2.05) is 12.1 Å². The van der Waals surface area contributed by atoms with Crippen LogP contribution in [0.15, 0.2) is 24.4 Å². The number of rotatable bonds is 8. The lowest BCUT2D eigenvalue weighted by Crippen LogP contribution is -2.38. The number of aromatic nitrogens is 1. The number of anilines is 1. The number of carbonyl (C=O) groups excluding carboxylic acids is 2. The summed E-state index contributed by atoms with van der Waals surface area (Å²) in [5.74, 6) is 0.847. The summed E-state index contributed by atoms with van der Waals surface area (Å²) in [6.45, 7) is 6.13. The van der Waals surface area contributed by atoms with Gasteiger partial charge in [0.25, 0.3) is 0 Å². The summed E-state index contributed by atoms with van der Waals surface area (Å²) >= 11 is 0. The quantitative estimate of drug-likeness (QED) is 0.627. The zero-order valence-corrected chi connectivity index (χ0v) is 19.7. The highest BCUT2D eigenvalue weighted by atomic mass is 16.2. The van der Waals surface area contributed by atoms with Gasteiger partial charge in [0.05, 0.1) is 11.2 Å². The molecule has 2 fully saturated rings. The summed E-state index contributed by atoms with van der Waals surface area (Å²) in [5, 5.41) is 3.76. The minimum absolute atomic E-state index is 0.0571. The summed E-state index contributed by atoms with van der Waals surface area (Å²) in [7, 11) is 1.62. The molecule has 1 aliphatic heterocycles. The van der Waals surface area contributed by atoms with E-state index in [1.165, 1.54) is 75.7 Å². The minimum atomic E-state index is -0.0571. The van der Waals surface area contributed by atoms with Crippen LogP contribution < -0.4 is 10.2 Å². The number of hydrogen-bond donors (Lipinski definition) is 1. The monoisotopic (exact) mass is 438 g/mol. The molecular weight excluding hydrogens is 400 g/mol. The zero-order chi connectivity index (χ0) is 22.5. The number of carbonyl (C=O) groups is 2. The van der Waals surface area contributed by atoms with Crippen LogP contribution in [0.3, 0.4) is 0 Å². The molecular formula is C26H38N4O2. The van der Waals surface area contributed by atoms with Crippen molar-refractivity contribution in [1.29, 1.82) is 0 Å². The van der Waals surface area contributed by atoms with Gasteiger partial charge in [0.2, 0.25) is 12.3 Å². The smallest absolute Gasteiger partial charge is 0.221 e. The van der Waals surface area contributed by atoms with Crippen molar-refractivity contribution in [2.45, 2.75) is 64.3 Å². The Kier molecular flexibility index (Phi) is 7.51. The van der Waals surface area contributed by atoms with E-state index in [9.17, 15) is 9.59 Å². The number of piperidine rings is 1. The molecule has 0 bridgehead atoms. The molecule has 174 valence electrons. The maximum absolute atomic E-state index is 11.9. The molecule has 0 atom stereocenters. The topological polar surface area (TPSA) is 57.6 Å². The average molecular weight is 439 g/mol. The van der Waals surface area contributed by atoms with E-state index < -0.39 is 0 Å². The Balaban J connectivity index is 1.48. The number of benzene rings is 1. The molecule has 0 radical (unpaired) electrons. The van der Waals surface area contributed by atoms with Crippen molar-refractivity contribution >= 4 is 28.9 Å². The highest BCUT2D eigenvalue weighted by Crippen LogP contribution is 2.35. The second-order valence-corrected chi connectivity index (χ2v) is 9.65. The highest BCUT2D eigenvalue weighted by Gasteiger charge is 2.25. The molecule has 6 heteroatoms. The lowest BCUT2D eigenvalue weighted by Gasteiger charge is -2.36. The van der Waals surface area contributed by atoms with Gasteiger partial charge in [-0.1, -0.05) is 25.3 Å². The number of fused-ring (bicyclic) bond motifs is 1. The number of aryl methyl sites for hydroxylation is 1. The van der Waals surface area contributed by atoms with E-state index in [0.29, 0.717) is 19.0 Å². The third-order valence-corrected chi connectivity index (χ3v) is 7.51. The van der Waals surface area contributed by atoms with E-state index in [0.717, 1.165) is 23.4 Å². The summed E-state index contributed by atoms with van der Waals surface area (Å²) in [5.41, 5.74) is 3.27. The summed E-state index contributed by atoms with van der Waals surface area (Å²) in [6, 6.07) is 6.69. The van der Waals surface area contributed by atoms with Crippen molar-refractivity contribution < 1.29 is 9.59 Å². The Labute approximate surface area is 191 Å². The Morgan fingerprint density at radius 1 is 1.16 bits per heavy atom. The van der Waals surface area contributed by atoms with Crippen molar-refractivity contribution in [2.24, 2.45) is 5.92 Å². The first-order chi connectivity index (χ1) is 15.6. The largest absolute Gasteiger partial charge is 0.359 e. The van der Waals surface area contributed by atoms with Crippen molar-refractivity contribution in [2.75, 3.05) is 38.1 Å². The molecule has 2 aromatic rings. The first-order valence-corrected chi connectivity index (χ1v) is 12.4. The van der Waals surface area contributed by atoms with Crippen LogP contribution in [0.2, 0.25) is 0 Å². The average Bonchev–Trinajstić information content (AvgIpc) is 3.17. The number of amides is 2. The van der Waals surface area contributed by atoms with Crippen LogP contribution in [-0.4, -0.2) is 55.0 Å². The Hall–Kier alpha value is -2.34. The van der Waals surface area contributed by atoms with Crippen molar-refractivity contribution in [3.63, 3.8) is 0 Å². The Morgan fingerprint density at radius 2 is 1.91 bits per heavy atom. The standard InChI is InChI=1S/C26H38N4O2/c1-20-17-30(22-11-14-28(15-12-22)18-21-7-4-3-5-8-21)24-10-6-9-23(26(20)24)29(19-31)16-13-25(32)27-2/h6,9-10,17,19,21-22H,3-5,7-8,11-16,18H2,1-2H3,(H,27,32). The van der Waals surface area contributed by atoms with Crippen LogP contribution in [0.4, 0.5) is 5.69 Å². The predicted molar refractivity (Wildman–Crippen MR) is 130 cm³/mol. The van der Waals surface area contributed by atoms with Crippen molar-refractivity contribution in [3.8, 4) is 0 Å². The van der Waals surface area contributed by atoms with Gasteiger partial charge in [-0.15, -0.1) is 0 Å². The van der Waals surface area contributed by atoms with Gasteiger partial charge in [0.1, 0.15) is 0 Å². The second kappa shape index (κ2) is 10.5. The van der Waals surface area contributed by atoms with Crippen LogP contribution in [0.25, 0.3) is 10.9 Å². The molecule has 6 nitrogen and oxygen atoms in total. The number of nitrogens with one attached hydrogen (secondary N) is 1. The van der Waals surface area contributed by atoms with Crippen LogP contribution in [0, 0.1) is 12.8 Å². The zero-order valence-electron chi connectivity index (χ0n) is 19.7. The van der Waals surface area contributed by atoms with E-state index in [4.69, 9.17) is 0 Å². The van der Waals surface area contributed by atoms with Crippen molar-refractivity contribution in [3.05, 3.63) is 30.0 Å². The molecule has 1 saturated heterocycles. The summed E-state index contributed by atoms with van der Waals surface area (Å²) in [4.78, 5) is 27.9. The van der Waals surface area contributed by atoms with Gasteiger partial charge in [-0.3, -0.25) is 9.59 Å². The third-order valence-electron chi connectivity index (χ3n) is 7.51. The van der Waals surface area contributed by atoms with Gasteiger partial charge < -0.3 is 19.7 Å². The van der Waals surface area contributed by atoms with Gasteiger partial charge in [0.15, 0.2) is 0 Å². The first-order valence-electron chi connectivity index (χ1n) is 12.4. The van der Waals surface area contributed by atoms with Crippen LogP contribution >= 0.6 is 0 Å². The van der Waals surface area contributed by atoms with Gasteiger partial charge in [-0.05, 0) is 56.2 Å². The summed E-state index contributed by atoms with van der Waals surface area (Å²) < 4.78 is 2.44. The lowest BCUT2D eigenvalue weighted by molar-refractivity contribution is -0.120. The van der Waals surface area contributed by atoms with Crippen LogP contribution in [-0.2, 0) is 9.59 Å². The third kappa shape index (κ3) is 5.01. The maximum atomic E-state index is 11.9. The molecule has 1 N–H and O–H groups in total. The lowest BCUT2D eigenvalue weighted by atomic mass is 9.88. The molecule has 0 spiro atoms. The van der Waals surface area contributed by atoms with Gasteiger partial charge in [-0.25, -0.2) is 0 Å². The first kappa shape index (κ1) is 22.8. The molecule has 32 heavy (non-hydrogen) atoms. The number of likely N-dealkylation sites (tertiary alicyclic amines) is 1. The van der Waals surface area contributed by atoms with Gasteiger partial charge in [-0.2, -0.15) is 0 Å². The molecule has 2 heterocycles. The molecule has 0 unspecified atom stereocenters. The normalized spacial score (nSPS) is 18.7. The second-order valence-electron chi connectivity index (χ2n) is 9.65. The fraction of sp³-hybridized carbons (Fsp3) is 0.615. The van der Waals surface area contributed by atoms with Crippen molar-refractivity contribution in [1.82, 2.24) is 14.8 Å². The minimum Gasteiger partial charge on any atom is -0.359 e. The van der Waals surface area contributed by atoms with E-state index >= 15 is 0 Å². The molecule has 1 aromatic heterocycles. The molecule has 2 aliphatic rings. The van der Waals surface area contributed by atoms with E-state index in [-0.39, 0.29) is 5.91 Å². The maximum Gasteiger partial charge on any atom is 0.221 e. The predicted octanol–water partition coefficient (Wildman–Crippen LogP) is 4.27. The molecule has 1 aromatic carbocycles. The summed E-state index contributed by atoms with van der Waals surface area (Å²) in [6.07, 6.45) is 12.8. The Bertz CT molecular complexity index is 923. The van der Waals surface area contributed by atoms with E-state index in [2.05, 4.69) is 34.0 Å². The number of hydrogen-bond acceptors (Lipinski definition) is 3. The van der Waals surface area contributed by atoms with Gasteiger partial charge >= 0.3 is 0 Å². The SMILES string of the molecule is CNC(=O)CCN(C=O)c1cccc2c1c(C)cn2C1CCN(CC2CCCCC2)CC1.